The van der Waals surface area contributed by atoms with Crippen LogP contribution in [0.2, 0.25) is 0 Å². The number of alkyl halides is 3. The average molecular weight is 238 g/mol. The quantitative estimate of drug-likeness (QED) is 0.818. The van der Waals surface area contributed by atoms with Crippen molar-refractivity contribution in [2.45, 2.75) is 12.7 Å². The standard InChI is InChI=1S/C8H9F3N2O3/c1-16-3-2-13-4-5(8(9,10)11)6(14)12-7(13)15/h4H,2-3H2,1H3,(H,12,14,15). The molecule has 16 heavy (non-hydrogen) atoms. The third kappa shape index (κ3) is 2.72. The summed E-state index contributed by atoms with van der Waals surface area (Å²) < 4.78 is 42.3. The van der Waals surface area contributed by atoms with E-state index < -0.39 is 23.0 Å². The molecule has 0 saturated carbocycles. The molecule has 1 rings (SSSR count). The Morgan fingerprint density at radius 2 is 2.06 bits per heavy atom. The molecule has 8 heteroatoms. The van der Waals surface area contributed by atoms with Gasteiger partial charge in [0, 0.05) is 13.3 Å². The largest absolute Gasteiger partial charge is 0.423 e. The number of hydrogen-bond donors (Lipinski definition) is 1. The van der Waals surface area contributed by atoms with Crippen LogP contribution in [-0.2, 0) is 17.5 Å². The predicted molar refractivity (Wildman–Crippen MR) is 48.2 cm³/mol. The second kappa shape index (κ2) is 4.52. The number of halogens is 3. The number of ether oxygens (including phenoxy) is 1. The van der Waals surface area contributed by atoms with Crippen LogP contribution in [0.4, 0.5) is 13.2 Å². The highest BCUT2D eigenvalue weighted by atomic mass is 19.4. The van der Waals surface area contributed by atoms with Gasteiger partial charge in [0.25, 0.3) is 5.56 Å². The molecule has 0 bridgehead atoms. The van der Waals surface area contributed by atoms with Crippen molar-refractivity contribution in [2.75, 3.05) is 13.7 Å². The summed E-state index contributed by atoms with van der Waals surface area (Å²) in [5.41, 5.74) is -3.73. The summed E-state index contributed by atoms with van der Waals surface area (Å²) in [4.78, 5) is 23.6. The molecule has 0 fully saturated rings. The molecule has 1 aromatic rings. The van der Waals surface area contributed by atoms with Crippen molar-refractivity contribution in [3.63, 3.8) is 0 Å². The fraction of sp³-hybridized carbons (Fsp3) is 0.500. The molecule has 0 unspecified atom stereocenters. The van der Waals surface area contributed by atoms with Crippen LogP contribution >= 0.6 is 0 Å². The van der Waals surface area contributed by atoms with Crippen molar-refractivity contribution >= 4 is 0 Å². The molecule has 0 amide bonds. The Balaban J connectivity index is 3.23. The predicted octanol–water partition coefficient (Wildman–Crippen LogP) is 0.202. The molecule has 0 spiro atoms. The van der Waals surface area contributed by atoms with Gasteiger partial charge in [0.15, 0.2) is 0 Å². The van der Waals surface area contributed by atoms with E-state index in [0.717, 1.165) is 4.57 Å². The second-order valence-corrected chi connectivity index (χ2v) is 2.99. The molecule has 0 atom stereocenters. The van der Waals surface area contributed by atoms with E-state index in [2.05, 4.69) is 4.74 Å². The van der Waals surface area contributed by atoms with Crippen LogP contribution in [-0.4, -0.2) is 23.3 Å². The molecule has 1 heterocycles. The molecule has 0 aliphatic heterocycles. The zero-order chi connectivity index (χ0) is 12.3. The highest BCUT2D eigenvalue weighted by Gasteiger charge is 2.34. The molecular weight excluding hydrogens is 229 g/mol. The first-order valence-electron chi connectivity index (χ1n) is 4.26. The number of nitrogens with one attached hydrogen (secondary N) is 1. The van der Waals surface area contributed by atoms with Crippen molar-refractivity contribution in [1.82, 2.24) is 9.55 Å². The van der Waals surface area contributed by atoms with Gasteiger partial charge in [-0.05, 0) is 0 Å². The van der Waals surface area contributed by atoms with E-state index in [1.165, 1.54) is 7.11 Å². The Kier molecular flexibility index (Phi) is 3.53. The minimum absolute atomic E-state index is 0.0603. The number of rotatable bonds is 3. The first-order chi connectivity index (χ1) is 7.36. The molecule has 0 saturated heterocycles. The second-order valence-electron chi connectivity index (χ2n) is 2.99. The van der Waals surface area contributed by atoms with Gasteiger partial charge < -0.3 is 4.74 Å². The van der Waals surface area contributed by atoms with Crippen LogP contribution in [0.25, 0.3) is 0 Å². The summed E-state index contributed by atoms with van der Waals surface area (Å²) in [6, 6.07) is 0. The Labute approximate surface area is 87.5 Å². The fourth-order valence-electron chi connectivity index (χ4n) is 1.07. The Hall–Kier alpha value is -1.57. The SMILES string of the molecule is COCCn1cc(C(F)(F)F)c(=O)[nH]c1=O. The molecule has 0 aliphatic rings. The van der Waals surface area contributed by atoms with E-state index >= 15 is 0 Å². The van der Waals surface area contributed by atoms with Gasteiger partial charge in [0.2, 0.25) is 0 Å². The summed E-state index contributed by atoms with van der Waals surface area (Å²) in [5, 5.41) is 0. The molecule has 5 nitrogen and oxygen atoms in total. The Morgan fingerprint density at radius 1 is 1.44 bits per heavy atom. The van der Waals surface area contributed by atoms with E-state index in [-0.39, 0.29) is 13.2 Å². The lowest BCUT2D eigenvalue weighted by atomic mass is 10.3. The van der Waals surface area contributed by atoms with Crippen LogP contribution in [0.3, 0.4) is 0 Å². The third-order valence-corrected chi connectivity index (χ3v) is 1.85. The van der Waals surface area contributed by atoms with Crippen LogP contribution in [0.5, 0.6) is 0 Å². The van der Waals surface area contributed by atoms with Crippen molar-refractivity contribution in [3.05, 3.63) is 32.6 Å². The van der Waals surface area contributed by atoms with Gasteiger partial charge in [-0.1, -0.05) is 0 Å². The summed E-state index contributed by atoms with van der Waals surface area (Å²) >= 11 is 0. The van der Waals surface area contributed by atoms with Gasteiger partial charge >= 0.3 is 11.9 Å². The molecule has 0 aromatic carbocycles. The third-order valence-electron chi connectivity index (χ3n) is 1.85. The summed E-state index contributed by atoms with van der Waals surface area (Å²) in [5.74, 6) is 0. The molecule has 0 radical (unpaired) electrons. The Morgan fingerprint density at radius 3 is 2.56 bits per heavy atom. The van der Waals surface area contributed by atoms with E-state index in [1.54, 1.807) is 4.98 Å². The summed E-state index contributed by atoms with van der Waals surface area (Å²) in [7, 11) is 1.35. The zero-order valence-corrected chi connectivity index (χ0v) is 8.30. The lowest BCUT2D eigenvalue weighted by Crippen LogP contribution is -2.35. The summed E-state index contributed by atoms with van der Waals surface area (Å²) in [6.07, 6.45) is -4.30. The number of aromatic nitrogens is 2. The maximum Gasteiger partial charge on any atom is 0.423 e. The van der Waals surface area contributed by atoms with Crippen LogP contribution in [0, 0.1) is 0 Å². The first-order valence-corrected chi connectivity index (χ1v) is 4.26. The first kappa shape index (κ1) is 12.5. The highest BCUT2D eigenvalue weighted by Crippen LogP contribution is 2.25. The average Bonchev–Trinajstić information content (AvgIpc) is 2.14. The number of H-pyrrole nitrogens is 1. The minimum atomic E-state index is -4.78. The molecule has 90 valence electrons. The lowest BCUT2D eigenvalue weighted by Gasteiger charge is -2.08. The maximum atomic E-state index is 12.3. The summed E-state index contributed by atoms with van der Waals surface area (Å²) in [6.45, 7) is 0.0123. The van der Waals surface area contributed by atoms with Crippen LogP contribution in [0.15, 0.2) is 15.8 Å². The van der Waals surface area contributed by atoms with Crippen molar-refractivity contribution in [3.8, 4) is 0 Å². The highest BCUT2D eigenvalue weighted by molar-refractivity contribution is 5.08. The topological polar surface area (TPSA) is 64.1 Å². The van der Waals surface area contributed by atoms with Gasteiger partial charge in [0.05, 0.1) is 13.2 Å². The van der Waals surface area contributed by atoms with E-state index in [4.69, 9.17) is 0 Å². The van der Waals surface area contributed by atoms with Gasteiger partial charge in [0.1, 0.15) is 5.56 Å². The normalized spacial score (nSPS) is 11.8. The van der Waals surface area contributed by atoms with E-state index in [1.807, 2.05) is 0 Å². The molecular formula is C8H9F3N2O3. The molecule has 1 N–H and O–H groups in total. The van der Waals surface area contributed by atoms with Crippen LogP contribution < -0.4 is 11.2 Å². The van der Waals surface area contributed by atoms with E-state index in [0.29, 0.717) is 6.20 Å². The van der Waals surface area contributed by atoms with Crippen molar-refractivity contribution in [2.24, 2.45) is 0 Å². The number of nitrogens with zero attached hydrogens (tertiary/aromatic N) is 1. The van der Waals surface area contributed by atoms with Gasteiger partial charge in [-0.25, -0.2) is 4.79 Å². The van der Waals surface area contributed by atoms with Gasteiger partial charge in [-0.3, -0.25) is 14.3 Å². The van der Waals surface area contributed by atoms with Crippen molar-refractivity contribution < 1.29 is 17.9 Å². The number of hydrogen-bond acceptors (Lipinski definition) is 3. The smallest absolute Gasteiger partial charge is 0.383 e. The van der Waals surface area contributed by atoms with Crippen molar-refractivity contribution in [1.29, 1.82) is 0 Å². The number of methoxy groups -OCH3 is 1. The molecule has 1 aromatic heterocycles. The van der Waals surface area contributed by atoms with Crippen LogP contribution in [0.1, 0.15) is 5.56 Å². The van der Waals surface area contributed by atoms with Gasteiger partial charge in [-0.2, -0.15) is 13.2 Å². The zero-order valence-electron chi connectivity index (χ0n) is 8.30. The molecule has 0 aliphatic carbocycles. The van der Waals surface area contributed by atoms with Gasteiger partial charge in [-0.15, -0.1) is 0 Å². The maximum absolute atomic E-state index is 12.3. The fourth-order valence-corrected chi connectivity index (χ4v) is 1.07. The Bertz CT molecular complexity index is 475. The monoisotopic (exact) mass is 238 g/mol. The number of aromatic amines is 1. The minimum Gasteiger partial charge on any atom is -0.383 e. The lowest BCUT2D eigenvalue weighted by molar-refractivity contribution is -0.139. The van der Waals surface area contributed by atoms with E-state index in [9.17, 15) is 22.8 Å².